The van der Waals surface area contributed by atoms with Crippen LogP contribution in [0.2, 0.25) is 0 Å². The van der Waals surface area contributed by atoms with Crippen molar-refractivity contribution in [3.8, 4) is 0 Å². The Labute approximate surface area is 651 Å². The molecule has 5 N–H and O–H groups in total. The normalized spacial score (nSPS) is 27.2. The number of nitrogens with one attached hydrogen (secondary N) is 4. The van der Waals surface area contributed by atoms with E-state index in [2.05, 4.69) is 59.2 Å². The number of fused-ring (bicyclic) bond motifs is 4. The molecule has 0 aromatic carbocycles. The molecular formula is C69H104Cl7N10O19-. The van der Waals surface area contributed by atoms with E-state index in [0.717, 1.165) is 77.3 Å². The van der Waals surface area contributed by atoms with Crippen molar-refractivity contribution in [2.45, 2.75) is 216 Å². The maximum atomic E-state index is 12.4. The predicted molar refractivity (Wildman–Crippen MR) is 398 cm³/mol. The fraction of sp³-hybridized carbons (Fsp3) is 0.681. The number of carboxylic acid groups (broad SMARTS) is 1. The zero-order valence-corrected chi connectivity index (χ0v) is 66.3. The van der Waals surface area contributed by atoms with Crippen LogP contribution >= 0.6 is 82.0 Å². The minimum atomic E-state index is -1.61. The number of alkyl halides is 6. The van der Waals surface area contributed by atoms with Gasteiger partial charge in [0.2, 0.25) is 49.6 Å². The molecule has 8 atom stereocenters. The van der Waals surface area contributed by atoms with Crippen molar-refractivity contribution in [2.24, 2.45) is 4.99 Å². The van der Waals surface area contributed by atoms with Crippen molar-refractivity contribution in [2.75, 3.05) is 79.7 Å². The molecule has 10 fully saturated rings. The summed E-state index contributed by atoms with van der Waals surface area (Å²) in [7, 11) is 2.72. The number of hydrogen-bond donors (Lipinski definition) is 5. The third-order valence-corrected chi connectivity index (χ3v) is 19.5. The van der Waals surface area contributed by atoms with E-state index in [0.29, 0.717) is 71.1 Å². The Morgan fingerprint density at radius 2 is 1.12 bits per heavy atom. The molecule has 6 amide bonds. The minimum absolute atomic E-state index is 0. The van der Waals surface area contributed by atoms with E-state index >= 15 is 0 Å². The van der Waals surface area contributed by atoms with Crippen LogP contribution in [0.15, 0.2) is 68.3 Å². The predicted octanol–water partition coefficient (Wildman–Crippen LogP) is 7.21. The van der Waals surface area contributed by atoms with Crippen molar-refractivity contribution < 1.29 is 92.8 Å². The van der Waals surface area contributed by atoms with Gasteiger partial charge in [0.15, 0.2) is 0 Å². The molecule has 0 aliphatic carbocycles. The number of alkyl carbamates (subject to hydrolysis) is 1. The van der Waals surface area contributed by atoms with E-state index in [1.54, 1.807) is 81.7 Å². The van der Waals surface area contributed by atoms with E-state index < -0.39 is 89.6 Å². The number of hydrogen-bond acceptors (Lipinski definition) is 22. The second kappa shape index (κ2) is 40.3. The van der Waals surface area contributed by atoms with Gasteiger partial charge in [-0.05, 0) is 136 Å². The van der Waals surface area contributed by atoms with E-state index in [-0.39, 0.29) is 87.0 Å². The first-order valence-corrected chi connectivity index (χ1v) is 36.4. The van der Waals surface area contributed by atoms with E-state index in [9.17, 15) is 57.8 Å². The summed E-state index contributed by atoms with van der Waals surface area (Å²) in [5.41, 5.74) is -4.65. The van der Waals surface area contributed by atoms with Gasteiger partial charge in [-0.2, -0.15) is 0 Å². The van der Waals surface area contributed by atoms with Gasteiger partial charge in [0.1, 0.15) is 58.5 Å². The number of methoxy groups -OCH3 is 2. The quantitative estimate of drug-likeness (QED) is 0.0254. The first-order chi connectivity index (χ1) is 48.5. The molecule has 10 heterocycles. The fourth-order valence-electron chi connectivity index (χ4n) is 14.1. The Hall–Kier alpha value is -6.15. The van der Waals surface area contributed by atoms with Crippen LogP contribution in [0, 0.1) is 0 Å². The van der Waals surface area contributed by atoms with Gasteiger partial charge in [-0.25, -0.2) is 19.3 Å². The fourth-order valence-corrected chi connectivity index (χ4v) is 15.1. The molecule has 10 aliphatic heterocycles. The molecule has 0 aromatic heterocycles. The number of rotatable bonds is 16. The molecule has 0 aromatic rings. The lowest BCUT2D eigenvalue weighted by Gasteiger charge is -2.40. The zero-order chi connectivity index (χ0) is 78.5. The number of likely N-dealkylation sites (tertiary alicyclic amines) is 1. The minimum Gasteiger partial charge on any atom is -0.595 e. The average Bonchev–Trinajstić information content (AvgIpc) is 1.47. The summed E-state index contributed by atoms with van der Waals surface area (Å²) in [6.07, 6.45) is 17.9. The Kier molecular flexibility index (Phi) is 35.7. The van der Waals surface area contributed by atoms with Crippen molar-refractivity contribution in [1.29, 1.82) is 0 Å². The lowest BCUT2D eigenvalue weighted by molar-refractivity contribution is -0.260. The van der Waals surface area contributed by atoms with Crippen molar-refractivity contribution >= 4 is 154 Å². The second-order valence-electron chi connectivity index (χ2n) is 27.9. The largest absolute Gasteiger partial charge is 0.595 e. The molecule has 594 valence electrons. The number of aliphatic carboxylic acids is 1. The molecule has 29 nitrogen and oxygen atoms in total. The molecule has 0 radical (unpaired) electrons. The molecule has 10 aliphatic rings. The Balaban J connectivity index is 0.000000423. The third kappa shape index (κ3) is 24.2. The van der Waals surface area contributed by atoms with Gasteiger partial charge in [0, 0.05) is 39.8 Å². The van der Waals surface area contributed by atoms with Gasteiger partial charge in [-0.1, -0.05) is 121 Å². The Morgan fingerprint density at radius 1 is 0.638 bits per heavy atom. The number of aliphatic imine (C=N–C) groups is 1. The molecule has 105 heavy (non-hydrogen) atoms. The molecule has 4 unspecified atom stereocenters. The highest BCUT2D eigenvalue weighted by atomic mass is 35.6. The summed E-state index contributed by atoms with van der Waals surface area (Å²) in [6, 6.07) is -0.194. The molecule has 0 bridgehead atoms. The Bertz CT molecular complexity index is 3120. The standard InChI is InChI=1S/C16H26N2O5.C10H12Cl3NO2.2C10H14N2O2.C9H15NO2.C7H8Cl3NO2.C7H13NO4.ClH.H2/c1-6-8-16(13(20)22-5)9-7-10-18(16)12(19)11-17-14(21)23-15(2,3)4;1-2-4-9-5-3-6-14(9)7(10(11,12)13)16-8(9)15;2*1-2-4-10-5-3-6-12(10)8(13)7-11-9(10)14;1-3-5-9(8(11)12-2)6-4-7-10-9;8-7(9,10)6-11-3-1-2-4(11)5(12)13-6;1-7(2,3)12-6(11)8-4-5(9)10;;/h6H,1,7-11H2,2-5H3,(H,17,21);2,7H,1,3-6H2;2*2H,1,3-7H2,(H,11,14);3,10H,1,4-7H2,2H3;4,6H,1-3H2;4H2,1-3H3,(H,8,11)(H,9,10);2*1H/p-1/t;7-,9?;10-;;;4-,6+;;;/m.10..0.../s1. The van der Waals surface area contributed by atoms with Crippen molar-refractivity contribution in [3.05, 3.63) is 63.3 Å². The highest BCUT2D eigenvalue weighted by Gasteiger charge is 2.62. The SMILES string of the molecule is C=CCC1(C(=O)OC)CCCN1.C=CCC1(C(=O)OC)CCCN1C(=O)CNC(=O)OC(C)(C)C.C=CCC12CCCN1C(=O)CNC2=O.C=CCC12CCCN1[C@@H](C(Cl)(Cl)Cl)OC2=O.C=CC[C@@]12CCCN1C(=O)CNC2=O.CC(C)(C)OC([O-])=NCC(=O)O.Cl.O=C1O[C@H](C(Cl)(Cl)Cl)N2CCC[C@@H]12.[HH]. The summed E-state index contributed by atoms with van der Waals surface area (Å²) in [5.74, 6) is -2.67. The van der Waals surface area contributed by atoms with Crippen LogP contribution in [0.1, 0.15) is 152 Å². The summed E-state index contributed by atoms with van der Waals surface area (Å²) in [4.78, 5) is 139. The number of carbonyl (C=O) groups excluding carboxylic acids is 10. The number of piperazine rings is 2. The topological polar surface area (TPSA) is 363 Å². The highest BCUT2D eigenvalue weighted by molar-refractivity contribution is 6.68. The van der Waals surface area contributed by atoms with Gasteiger partial charge >= 0.3 is 35.9 Å². The van der Waals surface area contributed by atoms with Crippen LogP contribution in [0.5, 0.6) is 0 Å². The highest BCUT2D eigenvalue weighted by Crippen LogP contribution is 2.48. The number of nitrogens with zero attached hydrogens (tertiary/aromatic N) is 6. The van der Waals surface area contributed by atoms with Crippen LogP contribution < -0.4 is 26.4 Å². The summed E-state index contributed by atoms with van der Waals surface area (Å²) in [5, 5.41) is 29.8. The smallest absolute Gasteiger partial charge is 0.408 e. The number of carbonyl (C=O) groups is 11. The van der Waals surface area contributed by atoms with E-state index in [1.807, 2.05) is 9.80 Å². The lowest BCUT2D eigenvalue weighted by Crippen LogP contribution is -2.64. The molecule has 36 heteroatoms. The van der Waals surface area contributed by atoms with Gasteiger partial charge < -0.3 is 74.6 Å². The van der Waals surface area contributed by atoms with Crippen LogP contribution in [0.3, 0.4) is 0 Å². The summed E-state index contributed by atoms with van der Waals surface area (Å²) in [6.45, 7) is 32.3. The maximum absolute atomic E-state index is 12.4. The van der Waals surface area contributed by atoms with Crippen LogP contribution in [-0.4, -0.2) is 246 Å². The van der Waals surface area contributed by atoms with Crippen molar-refractivity contribution in [3.63, 3.8) is 0 Å². The summed E-state index contributed by atoms with van der Waals surface area (Å²) >= 11 is 34.5. The van der Waals surface area contributed by atoms with Crippen LogP contribution in [0.25, 0.3) is 0 Å². The average molecular weight is 1630 g/mol. The monoisotopic (exact) mass is 1620 g/mol. The molecule has 10 saturated heterocycles. The first-order valence-electron chi connectivity index (χ1n) is 34.2. The van der Waals surface area contributed by atoms with Crippen molar-refractivity contribution in [1.82, 2.24) is 45.8 Å². The first kappa shape index (κ1) is 93.1. The molecule has 0 saturated carbocycles. The van der Waals surface area contributed by atoms with Gasteiger partial charge in [0.25, 0.3) is 0 Å². The number of ether oxygens (including phenoxy) is 6. The van der Waals surface area contributed by atoms with Crippen LogP contribution in [-0.2, 0) is 76.4 Å². The second-order valence-corrected chi connectivity index (χ2v) is 32.6. The van der Waals surface area contributed by atoms with E-state index in [4.69, 9.17) is 103 Å². The Morgan fingerprint density at radius 3 is 1.58 bits per heavy atom. The molecule has 10 rings (SSSR count). The third-order valence-electron chi connectivity index (χ3n) is 18.4. The number of carboxylic acids is 1. The lowest BCUT2D eigenvalue weighted by atomic mass is 9.89. The summed E-state index contributed by atoms with van der Waals surface area (Å²) < 4.78 is 26.4. The molecular weight excluding hydrogens is 1520 g/mol. The number of amides is 6. The van der Waals surface area contributed by atoms with Gasteiger partial charge in [-0.3, -0.25) is 48.2 Å². The van der Waals surface area contributed by atoms with Gasteiger partial charge in [-0.15, -0.1) is 45.3 Å². The molecule has 0 spiro atoms. The van der Waals surface area contributed by atoms with E-state index in [1.165, 1.54) is 19.1 Å². The maximum Gasteiger partial charge on any atom is 0.408 e. The van der Waals surface area contributed by atoms with Crippen LogP contribution in [0.4, 0.5) is 4.79 Å². The number of esters is 4. The number of halogens is 7. The van der Waals surface area contributed by atoms with Gasteiger partial charge in [0.05, 0.1) is 27.3 Å². The number of cyclic esters (lactones) is 2. The zero-order valence-electron chi connectivity index (χ0n) is 60.9.